The minimum Gasteiger partial charge on any atom is -0.399 e. The van der Waals surface area contributed by atoms with Crippen molar-refractivity contribution in [2.45, 2.75) is 44.3 Å². The molecule has 20 heavy (non-hydrogen) atoms. The highest BCUT2D eigenvalue weighted by Crippen LogP contribution is 2.31. The van der Waals surface area contributed by atoms with E-state index < -0.39 is 17.6 Å². The number of amides is 1. The standard InChI is InChI=1S/C14H17F3N2O/c15-14(16,17)10-6-9(7-11(18)8-10)13(20)19-12-4-2-1-3-5-12/h6-8,12H,1-5,18H2,(H,19,20). The maximum absolute atomic E-state index is 12.7. The minimum absolute atomic E-state index is 0.0390. The number of anilines is 1. The van der Waals surface area contributed by atoms with Crippen LogP contribution in [-0.2, 0) is 6.18 Å². The van der Waals surface area contributed by atoms with Crippen LogP contribution in [0, 0.1) is 0 Å². The van der Waals surface area contributed by atoms with Crippen LogP contribution in [0.1, 0.15) is 48.0 Å². The fourth-order valence-electron chi connectivity index (χ4n) is 2.46. The van der Waals surface area contributed by atoms with Crippen LogP contribution in [0.5, 0.6) is 0 Å². The normalized spacial score (nSPS) is 16.9. The first-order chi connectivity index (χ1) is 9.36. The van der Waals surface area contributed by atoms with Gasteiger partial charge in [-0.05, 0) is 31.0 Å². The maximum Gasteiger partial charge on any atom is 0.416 e. The topological polar surface area (TPSA) is 55.1 Å². The first-order valence-electron chi connectivity index (χ1n) is 6.65. The molecule has 0 aromatic heterocycles. The van der Waals surface area contributed by atoms with Gasteiger partial charge in [-0.25, -0.2) is 0 Å². The Morgan fingerprint density at radius 1 is 1.15 bits per heavy atom. The lowest BCUT2D eigenvalue weighted by Crippen LogP contribution is -2.36. The summed E-state index contributed by atoms with van der Waals surface area (Å²) in [7, 11) is 0. The zero-order valence-electron chi connectivity index (χ0n) is 11.0. The smallest absolute Gasteiger partial charge is 0.399 e. The van der Waals surface area contributed by atoms with Crippen molar-refractivity contribution in [3.63, 3.8) is 0 Å². The molecule has 2 rings (SSSR count). The Bertz CT molecular complexity index is 494. The molecule has 0 heterocycles. The van der Waals surface area contributed by atoms with E-state index in [4.69, 9.17) is 5.73 Å². The van der Waals surface area contributed by atoms with Crippen LogP contribution >= 0.6 is 0 Å². The number of hydrogen-bond acceptors (Lipinski definition) is 2. The second-order valence-electron chi connectivity index (χ2n) is 5.15. The number of nitrogens with two attached hydrogens (primary N) is 1. The average molecular weight is 286 g/mol. The molecule has 1 fully saturated rings. The fraction of sp³-hybridized carbons (Fsp3) is 0.500. The highest BCUT2D eigenvalue weighted by atomic mass is 19.4. The van der Waals surface area contributed by atoms with Gasteiger partial charge in [-0.2, -0.15) is 13.2 Å². The molecule has 0 unspecified atom stereocenters. The van der Waals surface area contributed by atoms with Gasteiger partial charge in [0.1, 0.15) is 0 Å². The van der Waals surface area contributed by atoms with Gasteiger partial charge in [0.15, 0.2) is 0 Å². The van der Waals surface area contributed by atoms with Crippen LogP contribution in [0.3, 0.4) is 0 Å². The highest BCUT2D eigenvalue weighted by molar-refractivity contribution is 5.95. The van der Waals surface area contributed by atoms with E-state index in [1.54, 1.807) is 0 Å². The lowest BCUT2D eigenvalue weighted by atomic mass is 9.95. The highest BCUT2D eigenvalue weighted by Gasteiger charge is 2.31. The van der Waals surface area contributed by atoms with Crippen LogP contribution in [0.15, 0.2) is 18.2 Å². The van der Waals surface area contributed by atoms with E-state index in [9.17, 15) is 18.0 Å². The molecule has 1 amide bonds. The van der Waals surface area contributed by atoms with Gasteiger partial charge in [0.25, 0.3) is 5.91 Å². The van der Waals surface area contributed by atoms with Crippen molar-refractivity contribution in [1.29, 1.82) is 0 Å². The number of carbonyl (C=O) groups is 1. The molecule has 1 aliphatic rings. The molecular formula is C14H17F3N2O. The summed E-state index contributed by atoms with van der Waals surface area (Å²) in [6.07, 6.45) is 0.462. The molecule has 3 N–H and O–H groups in total. The molecule has 110 valence electrons. The van der Waals surface area contributed by atoms with E-state index in [1.165, 1.54) is 6.07 Å². The molecule has 1 aromatic rings. The number of hydrogen-bond donors (Lipinski definition) is 2. The van der Waals surface area contributed by atoms with Gasteiger partial charge in [-0.15, -0.1) is 0 Å². The molecule has 6 heteroatoms. The van der Waals surface area contributed by atoms with Gasteiger partial charge in [0, 0.05) is 17.3 Å². The van der Waals surface area contributed by atoms with Gasteiger partial charge in [0.05, 0.1) is 5.56 Å². The van der Waals surface area contributed by atoms with Crippen molar-refractivity contribution in [2.75, 3.05) is 5.73 Å². The van der Waals surface area contributed by atoms with Crippen molar-refractivity contribution in [1.82, 2.24) is 5.32 Å². The number of halogens is 3. The van der Waals surface area contributed by atoms with Gasteiger partial charge >= 0.3 is 6.18 Å². The number of alkyl halides is 3. The monoisotopic (exact) mass is 286 g/mol. The molecule has 0 atom stereocenters. The van der Waals surface area contributed by atoms with Crippen LogP contribution in [0.4, 0.5) is 18.9 Å². The third-order valence-electron chi connectivity index (χ3n) is 3.49. The lowest BCUT2D eigenvalue weighted by molar-refractivity contribution is -0.137. The second kappa shape index (κ2) is 5.73. The summed E-state index contributed by atoms with van der Waals surface area (Å²) in [4.78, 5) is 12.0. The van der Waals surface area contributed by atoms with Crippen molar-refractivity contribution in [2.24, 2.45) is 0 Å². The van der Waals surface area contributed by atoms with Crippen LogP contribution in [0.2, 0.25) is 0 Å². The molecule has 1 aliphatic carbocycles. The molecule has 0 radical (unpaired) electrons. The van der Waals surface area contributed by atoms with Gasteiger partial charge in [-0.1, -0.05) is 19.3 Å². The third kappa shape index (κ3) is 3.65. The minimum atomic E-state index is -4.50. The van der Waals surface area contributed by atoms with E-state index in [0.29, 0.717) is 0 Å². The number of carbonyl (C=O) groups excluding carboxylic acids is 1. The Morgan fingerprint density at radius 2 is 1.80 bits per heavy atom. The average Bonchev–Trinajstić information content (AvgIpc) is 2.38. The second-order valence-corrected chi connectivity index (χ2v) is 5.15. The van der Waals surface area contributed by atoms with E-state index in [0.717, 1.165) is 44.2 Å². The van der Waals surface area contributed by atoms with E-state index in [-0.39, 0.29) is 17.3 Å². The van der Waals surface area contributed by atoms with Crippen molar-refractivity contribution >= 4 is 11.6 Å². The number of nitrogen functional groups attached to an aromatic ring is 1. The Labute approximate surface area is 115 Å². The summed E-state index contributed by atoms with van der Waals surface area (Å²) >= 11 is 0. The number of nitrogens with one attached hydrogen (secondary N) is 1. The quantitative estimate of drug-likeness (QED) is 0.819. The van der Waals surface area contributed by atoms with Crippen molar-refractivity contribution < 1.29 is 18.0 Å². The summed E-state index contributed by atoms with van der Waals surface area (Å²) in [5.74, 6) is -0.491. The molecule has 0 spiro atoms. The van der Waals surface area contributed by atoms with Gasteiger partial charge in [0.2, 0.25) is 0 Å². The van der Waals surface area contributed by atoms with Gasteiger partial charge in [-0.3, -0.25) is 4.79 Å². The number of rotatable bonds is 2. The van der Waals surface area contributed by atoms with Crippen molar-refractivity contribution in [3.8, 4) is 0 Å². The largest absolute Gasteiger partial charge is 0.416 e. The van der Waals surface area contributed by atoms with Crippen LogP contribution in [0.25, 0.3) is 0 Å². The zero-order chi connectivity index (χ0) is 14.8. The lowest BCUT2D eigenvalue weighted by Gasteiger charge is -2.23. The summed E-state index contributed by atoms with van der Waals surface area (Å²) < 4.78 is 38.0. The van der Waals surface area contributed by atoms with Crippen molar-refractivity contribution in [3.05, 3.63) is 29.3 Å². The Kier molecular flexibility index (Phi) is 4.20. The Balaban J connectivity index is 2.14. The molecule has 0 aliphatic heterocycles. The van der Waals surface area contributed by atoms with Gasteiger partial charge < -0.3 is 11.1 Å². The zero-order valence-corrected chi connectivity index (χ0v) is 11.0. The summed E-state index contributed by atoms with van der Waals surface area (Å²) in [5, 5.41) is 2.78. The molecule has 1 aromatic carbocycles. The summed E-state index contributed by atoms with van der Waals surface area (Å²) in [6, 6.07) is 2.99. The summed E-state index contributed by atoms with van der Waals surface area (Å²) in [5.41, 5.74) is 4.45. The predicted octanol–water partition coefficient (Wildman–Crippen LogP) is 3.35. The predicted molar refractivity (Wildman–Crippen MR) is 70.2 cm³/mol. The maximum atomic E-state index is 12.7. The molecule has 3 nitrogen and oxygen atoms in total. The van der Waals surface area contributed by atoms with E-state index in [2.05, 4.69) is 5.32 Å². The van der Waals surface area contributed by atoms with E-state index in [1.807, 2.05) is 0 Å². The first kappa shape index (κ1) is 14.7. The van der Waals surface area contributed by atoms with Crippen LogP contribution < -0.4 is 11.1 Å². The van der Waals surface area contributed by atoms with E-state index >= 15 is 0 Å². The SMILES string of the molecule is Nc1cc(C(=O)NC2CCCCC2)cc(C(F)(F)F)c1. The summed E-state index contributed by atoms with van der Waals surface area (Å²) in [6.45, 7) is 0. The molecule has 1 saturated carbocycles. The third-order valence-corrected chi connectivity index (χ3v) is 3.49. The Hall–Kier alpha value is -1.72. The molecular weight excluding hydrogens is 269 g/mol. The molecule has 0 saturated heterocycles. The number of benzene rings is 1. The Morgan fingerprint density at radius 3 is 2.40 bits per heavy atom. The first-order valence-corrected chi connectivity index (χ1v) is 6.65. The fourth-order valence-corrected chi connectivity index (χ4v) is 2.46. The van der Waals surface area contributed by atoms with Crippen LogP contribution in [-0.4, -0.2) is 11.9 Å². The molecule has 0 bridgehead atoms.